The molecule has 1 unspecified atom stereocenters. The predicted octanol–water partition coefficient (Wildman–Crippen LogP) is -0.253. The van der Waals surface area contributed by atoms with Gasteiger partial charge in [0.2, 0.25) is 5.91 Å². The van der Waals surface area contributed by atoms with Crippen LogP contribution in [0.4, 0.5) is 5.69 Å². The van der Waals surface area contributed by atoms with Gasteiger partial charge in [0.1, 0.15) is 9.84 Å². The van der Waals surface area contributed by atoms with Gasteiger partial charge in [-0.15, -0.1) is 0 Å². The number of benzene rings is 1. The number of sulfone groups is 1. The molecule has 1 rings (SSSR count). The van der Waals surface area contributed by atoms with Gasteiger partial charge in [0.05, 0.1) is 11.8 Å². The number of carbonyl (C=O) groups is 2. The fraction of sp³-hybridized carbons (Fsp3) is 0.385. The van der Waals surface area contributed by atoms with E-state index in [1.54, 1.807) is 24.3 Å². The largest absolute Gasteiger partial charge is 0.355 e. The Morgan fingerprint density at radius 2 is 1.81 bits per heavy atom. The van der Waals surface area contributed by atoms with Crippen LogP contribution in [-0.4, -0.2) is 45.3 Å². The van der Waals surface area contributed by atoms with E-state index < -0.39 is 21.8 Å². The Balaban J connectivity index is 2.60. The Morgan fingerprint density at radius 1 is 1.24 bits per heavy atom. The van der Waals surface area contributed by atoms with E-state index >= 15 is 0 Å². The van der Waals surface area contributed by atoms with Gasteiger partial charge in [-0.25, -0.2) is 8.42 Å². The average molecular weight is 313 g/mol. The minimum absolute atomic E-state index is 0.0565. The van der Waals surface area contributed by atoms with Crippen molar-refractivity contribution >= 4 is 27.3 Å². The predicted molar refractivity (Wildman–Crippen MR) is 80.8 cm³/mol. The lowest BCUT2D eigenvalue weighted by molar-refractivity contribution is -0.117. The summed E-state index contributed by atoms with van der Waals surface area (Å²) in [6.45, 7) is 0. The van der Waals surface area contributed by atoms with Crippen molar-refractivity contribution in [3.8, 4) is 0 Å². The van der Waals surface area contributed by atoms with Crippen molar-refractivity contribution in [2.24, 2.45) is 5.73 Å². The van der Waals surface area contributed by atoms with Crippen LogP contribution < -0.4 is 16.4 Å². The second-order valence-electron chi connectivity index (χ2n) is 4.67. The smallest absolute Gasteiger partial charge is 0.251 e. The van der Waals surface area contributed by atoms with E-state index in [0.29, 0.717) is 11.3 Å². The number of anilines is 1. The number of nitrogens with two attached hydrogens (primary N) is 1. The van der Waals surface area contributed by atoms with Crippen LogP contribution in [0.3, 0.4) is 0 Å². The van der Waals surface area contributed by atoms with Gasteiger partial charge in [-0.3, -0.25) is 9.59 Å². The molecule has 0 aromatic heterocycles. The molecule has 1 aromatic carbocycles. The van der Waals surface area contributed by atoms with E-state index in [1.165, 1.54) is 7.05 Å². The molecular formula is C13H19N3O4S. The number of amides is 2. The lowest BCUT2D eigenvalue weighted by atomic mass is 10.2. The summed E-state index contributed by atoms with van der Waals surface area (Å²) in [5.74, 6) is -0.832. The normalized spacial score (nSPS) is 12.5. The number of hydrogen-bond acceptors (Lipinski definition) is 5. The molecule has 0 saturated heterocycles. The minimum atomic E-state index is -3.15. The summed E-state index contributed by atoms with van der Waals surface area (Å²) in [6, 6.07) is 5.38. The van der Waals surface area contributed by atoms with Gasteiger partial charge in [-0.05, 0) is 30.7 Å². The molecule has 0 fully saturated rings. The third kappa shape index (κ3) is 5.92. The number of carbonyl (C=O) groups excluding carboxylic acids is 2. The molecule has 0 aliphatic rings. The van der Waals surface area contributed by atoms with Crippen molar-refractivity contribution in [1.29, 1.82) is 0 Å². The SMILES string of the molecule is CNC(=O)c1ccc(NC(=O)C(N)CCS(C)(=O)=O)cc1. The van der Waals surface area contributed by atoms with E-state index in [4.69, 9.17) is 5.73 Å². The fourth-order valence-corrected chi connectivity index (χ4v) is 2.24. The Labute approximate surface area is 123 Å². The molecule has 0 aliphatic carbocycles. The topological polar surface area (TPSA) is 118 Å². The number of nitrogens with one attached hydrogen (secondary N) is 2. The van der Waals surface area contributed by atoms with Crippen molar-refractivity contribution in [2.75, 3.05) is 24.4 Å². The number of rotatable bonds is 6. The van der Waals surface area contributed by atoms with Crippen LogP contribution >= 0.6 is 0 Å². The molecule has 0 aliphatic heterocycles. The van der Waals surface area contributed by atoms with Gasteiger partial charge in [-0.2, -0.15) is 0 Å². The maximum absolute atomic E-state index is 11.8. The first-order valence-corrected chi connectivity index (χ1v) is 8.35. The monoisotopic (exact) mass is 313 g/mol. The second kappa shape index (κ2) is 7.19. The maximum Gasteiger partial charge on any atom is 0.251 e. The van der Waals surface area contributed by atoms with Gasteiger partial charge in [0.15, 0.2) is 0 Å². The molecule has 0 spiro atoms. The highest BCUT2D eigenvalue weighted by Gasteiger charge is 2.16. The maximum atomic E-state index is 11.8. The zero-order chi connectivity index (χ0) is 16.0. The molecule has 21 heavy (non-hydrogen) atoms. The summed E-state index contributed by atoms with van der Waals surface area (Å²) in [7, 11) is -1.62. The first-order valence-electron chi connectivity index (χ1n) is 6.29. The molecule has 8 heteroatoms. The summed E-state index contributed by atoms with van der Waals surface area (Å²) < 4.78 is 22.0. The molecule has 0 bridgehead atoms. The highest BCUT2D eigenvalue weighted by atomic mass is 32.2. The molecule has 0 heterocycles. The van der Waals surface area contributed by atoms with Gasteiger partial charge in [0, 0.05) is 24.6 Å². The van der Waals surface area contributed by atoms with E-state index in [0.717, 1.165) is 6.26 Å². The summed E-state index contributed by atoms with van der Waals surface area (Å²) in [6.07, 6.45) is 1.15. The minimum Gasteiger partial charge on any atom is -0.355 e. The van der Waals surface area contributed by atoms with Crippen molar-refractivity contribution in [3.63, 3.8) is 0 Å². The van der Waals surface area contributed by atoms with Crippen LogP contribution in [0.1, 0.15) is 16.8 Å². The van der Waals surface area contributed by atoms with Crippen molar-refractivity contribution in [2.45, 2.75) is 12.5 Å². The summed E-state index contributed by atoms with van der Waals surface area (Å²) in [4.78, 5) is 23.2. The van der Waals surface area contributed by atoms with E-state index in [9.17, 15) is 18.0 Å². The summed E-state index contributed by atoms with van der Waals surface area (Å²) >= 11 is 0. The van der Waals surface area contributed by atoms with Crippen LogP contribution in [0, 0.1) is 0 Å². The van der Waals surface area contributed by atoms with E-state index in [2.05, 4.69) is 10.6 Å². The average Bonchev–Trinajstić information content (AvgIpc) is 2.43. The van der Waals surface area contributed by atoms with E-state index in [-0.39, 0.29) is 18.1 Å². The Morgan fingerprint density at radius 3 is 2.29 bits per heavy atom. The Kier molecular flexibility index (Phi) is 5.86. The molecule has 4 N–H and O–H groups in total. The van der Waals surface area contributed by atoms with Crippen LogP contribution in [0.25, 0.3) is 0 Å². The third-order valence-corrected chi connectivity index (χ3v) is 3.76. The van der Waals surface area contributed by atoms with E-state index in [1.807, 2.05) is 0 Å². The highest BCUT2D eigenvalue weighted by Crippen LogP contribution is 2.10. The van der Waals surface area contributed by atoms with Gasteiger partial charge in [-0.1, -0.05) is 0 Å². The lowest BCUT2D eigenvalue weighted by Gasteiger charge is -2.12. The molecule has 1 atom stereocenters. The van der Waals surface area contributed by atoms with Gasteiger partial charge < -0.3 is 16.4 Å². The zero-order valence-electron chi connectivity index (χ0n) is 11.9. The summed E-state index contributed by atoms with van der Waals surface area (Å²) in [5, 5.41) is 5.06. The Bertz CT molecular complexity index is 611. The Hall–Kier alpha value is -1.93. The molecule has 116 valence electrons. The van der Waals surface area contributed by atoms with Crippen LogP contribution in [0.2, 0.25) is 0 Å². The van der Waals surface area contributed by atoms with Crippen molar-refractivity contribution in [3.05, 3.63) is 29.8 Å². The first kappa shape index (κ1) is 17.1. The summed E-state index contributed by atoms with van der Waals surface area (Å²) in [5.41, 5.74) is 6.59. The molecule has 2 amide bonds. The highest BCUT2D eigenvalue weighted by molar-refractivity contribution is 7.90. The molecule has 0 saturated carbocycles. The van der Waals surface area contributed by atoms with Crippen molar-refractivity contribution < 1.29 is 18.0 Å². The van der Waals surface area contributed by atoms with Crippen LogP contribution in [0.15, 0.2) is 24.3 Å². The number of hydrogen-bond donors (Lipinski definition) is 3. The van der Waals surface area contributed by atoms with Gasteiger partial charge >= 0.3 is 0 Å². The zero-order valence-corrected chi connectivity index (χ0v) is 12.7. The quantitative estimate of drug-likeness (QED) is 0.669. The van der Waals surface area contributed by atoms with Gasteiger partial charge in [0.25, 0.3) is 5.91 Å². The molecule has 1 aromatic rings. The van der Waals surface area contributed by atoms with Crippen LogP contribution in [0.5, 0.6) is 0 Å². The molecule has 7 nitrogen and oxygen atoms in total. The standard InChI is InChI=1S/C13H19N3O4S/c1-15-12(17)9-3-5-10(6-4-9)16-13(18)11(14)7-8-21(2,19)20/h3-6,11H,7-8,14H2,1-2H3,(H,15,17)(H,16,18). The van der Waals surface area contributed by atoms with Crippen molar-refractivity contribution in [1.82, 2.24) is 5.32 Å². The third-order valence-electron chi connectivity index (χ3n) is 2.78. The first-order chi connectivity index (χ1) is 9.73. The second-order valence-corrected chi connectivity index (χ2v) is 6.93. The molecular weight excluding hydrogens is 294 g/mol. The fourth-order valence-electron chi connectivity index (χ4n) is 1.56. The lowest BCUT2D eigenvalue weighted by Crippen LogP contribution is -2.37. The molecule has 0 radical (unpaired) electrons. The van der Waals surface area contributed by atoms with Crippen LogP contribution in [-0.2, 0) is 14.6 Å².